The number of aryl methyl sites for hydroxylation is 1. The van der Waals surface area contributed by atoms with Gasteiger partial charge in [-0.3, -0.25) is 4.57 Å². The second kappa shape index (κ2) is 5.37. The minimum Gasteiger partial charge on any atom is -0.364 e. The zero-order valence-corrected chi connectivity index (χ0v) is 12.8. The van der Waals surface area contributed by atoms with Crippen LogP contribution in [0.3, 0.4) is 0 Å². The first-order valence-electron chi connectivity index (χ1n) is 6.34. The van der Waals surface area contributed by atoms with Crippen LogP contribution in [0.5, 0.6) is 0 Å². The monoisotopic (exact) mass is 284 g/mol. The van der Waals surface area contributed by atoms with Gasteiger partial charge in [-0.1, -0.05) is 43.7 Å². The summed E-state index contributed by atoms with van der Waals surface area (Å²) in [6, 6.07) is 7.72. The SMILES string of the molecule is COC(c1cccc(C)c1)P1(=O)OCC(C)(C)CO1. The van der Waals surface area contributed by atoms with Gasteiger partial charge in [0, 0.05) is 12.5 Å². The Balaban J connectivity index is 2.25. The van der Waals surface area contributed by atoms with Crippen molar-refractivity contribution in [3.63, 3.8) is 0 Å². The van der Waals surface area contributed by atoms with E-state index >= 15 is 0 Å². The molecule has 1 unspecified atom stereocenters. The molecule has 19 heavy (non-hydrogen) atoms. The normalized spacial score (nSPS) is 22.9. The van der Waals surface area contributed by atoms with E-state index in [0.717, 1.165) is 11.1 Å². The fourth-order valence-electron chi connectivity index (χ4n) is 2.02. The largest absolute Gasteiger partial charge is 0.364 e. The second-order valence-corrected chi connectivity index (χ2v) is 7.82. The Labute approximate surface area is 114 Å². The Morgan fingerprint density at radius 3 is 2.47 bits per heavy atom. The summed E-state index contributed by atoms with van der Waals surface area (Å²) < 4.78 is 29.3. The summed E-state index contributed by atoms with van der Waals surface area (Å²) in [5.74, 6) is -0.663. The summed E-state index contributed by atoms with van der Waals surface area (Å²) in [4.78, 5) is 0. The van der Waals surface area contributed by atoms with Crippen molar-refractivity contribution in [2.45, 2.75) is 26.6 Å². The third-order valence-corrected chi connectivity index (χ3v) is 5.17. The topological polar surface area (TPSA) is 44.8 Å². The van der Waals surface area contributed by atoms with Crippen LogP contribution in [0, 0.1) is 12.3 Å². The van der Waals surface area contributed by atoms with Gasteiger partial charge >= 0.3 is 7.60 Å². The van der Waals surface area contributed by atoms with Gasteiger partial charge in [-0.25, -0.2) is 0 Å². The lowest BCUT2D eigenvalue weighted by molar-refractivity contribution is 0.0154. The molecule has 0 amide bonds. The molecule has 4 nitrogen and oxygen atoms in total. The highest BCUT2D eigenvalue weighted by atomic mass is 31.2. The third kappa shape index (κ3) is 3.26. The standard InChI is InChI=1S/C14H21O4P/c1-11-6-5-7-12(8-11)13(16-4)19(15)17-9-14(2,3)10-18-19/h5-8,13H,9-10H2,1-4H3. The van der Waals surface area contributed by atoms with Crippen LogP contribution >= 0.6 is 7.60 Å². The van der Waals surface area contributed by atoms with Crippen LogP contribution in [0.2, 0.25) is 0 Å². The van der Waals surface area contributed by atoms with Gasteiger partial charge in [-0.15, -0.1) is 0 Å². The molecule has 1 aliphatic rings. The minimum absolute atomic E-state index is 0.112. The van der Waals surface area contributed by atoms with Crippen LogP contribution in [0.15, 0.2) is 24.3 Å². The van der Waals surface area contributed by atoms with E-state index in [0.29, 0.717) is 13.2 Å². The van der Waals surface area contributed by atoms with E-state index in [1.54, 1.807) is 0 Å². The average molecular weight is 284 g/mol. The van der Waals surface area contributed by atoms with E-state index in [-0.39, 0.29) is 5.41 Å². The first kappa shape index (κ1) is 14.7. The van der Waals surface area contributed by atoms with E-state index in [9.17, 15) is 4.57 Å². The Hall–Kier alpha value is -0.670. The van der Waals surface area contributed by atoms with Crippen molar-refractivity contribution in [3.05, 3.63) is 35.4 Å². The second-order valence-electron chi connectivity index (χ2n) is 5.75. The molecule has 0 bridgehead atoms. The molecule has 5 heteroatoms. The van der Waals surface area contributed by atoms with Gasteiger partial charge in [-0.2, -0.15) is 0 Å². The van der Waals surface area contributed by atoms with Crippen molar-refractivity contribution in [1.29, 1.82) is 0 Å². The summed E-state index contributed by atoms with van der Waals surface area (Å²) in [7, 11) is -1.74. The summed E-state index contributed by atoms with van der Waals surface area (Å²) in [5.41, 5.74) is 1.80. The lowest BCUT2D eigenvalue weighted by Gasteiger charge is -2.36. The average Bonchev–Trinajstić information content (AvgIpc) is 2.35. The van der Waals surface area contributed by atoms with Gasteiger partial charge < -0.3 is 13.8 Å². The predicted molar refractivity (Wildman–Crippen MR) is 74.2 cm³/mol. The molecule has 2 rings (SSSR count). The number of benzene rings is 1. The molecule has 0 N–H and O–H groups in total. The van der Waals surface area contributed by atoms with E-state index in [4.69, 9.17) is 13.8 Å². The Morgan fingerprint density at radius 1 is 1.32 bits per heavy atom. The van der Waals surface area contributed by atoms with Crippen LogP contribution < -0.4 is 0 Å². The fourth-order valence-corrected chi connectivity index (χ4v) is 4.20. The molecule has 1 aromatic rings. The Kier molecular flexibility index (Phi) is 4.17. The van der Waals surface area contributed by atoms with E-state index in [1.807, 2.05) is 45.0 Å². The van der Waals surface area contributed by atoms with Crippen molar-refractivity contribution in [1.82, 2.24) is 0 Å². The molecular formula is C14H21O4P. The number of hydrogen-bond acceptors (Lipinski definition) is 4. The summed E-state index contributed by atoms with van der Waals surface area (Å²) in [5, 5.41) is 0. The zero-order chi connectivity index (χ0) is 14.1. The molecule has 106 valence electrons. The highest BCUT2D eigenvalue weighted by Crippen LogP contribution is 2.64. The highest BCUT2D eigenvalue weighted by Gasteiger charge is 2.44. The maximum atomic E-state index is 12.8. The van der Waals surface area contributed by atoms with E-state index in [1.165, 1.54) is 7.11 Å². The smallest absolute Gasteiger partial charge is 0.363 e. The summed E-state index contributed by atoms with van der Waals surface area (Å²) in [6.45, 7) is 6.85. The molecular weight excluding hydrogens is 263 g/mol. The lowest BCUT2D eigenvalue weighted by atomic mass is 9.97. The molecule has 1 aliphatic heterocycles. The Morgan fingerprint density at radius 2 is 1.95 bits per heavy atom. The molecule has 1 heterocycles. The number of rotatable bonds is 3. The molecule has 1 atom stereocenters. The van der Waals surface area contributed by atoms with Gasteiger partial charge in [-0.05, 0) is 12.5 Å². The molecule has 0 aliphatic carbocycles. The molecule has 1 aromatic carbocycles. The number of ether oxygens (including phenoxy) is 1. The van der Waals surface area contributed by atoms with Gasteiger partial charge in [0.15, 0.2) is 5.85 Å². The van der Waals surface area contributed by atoms with Crippen molar-refractivity contribution in [3.8, 4) is 0 Å². The molecule has 1 fully saturated rings. The summed E-state index contributed by atoms with van der Waals surface area (Å²) >= 11 is 0. The maximum absolute atomic E-state index is 12.8. The van der Waals surface area contributed by atoms with Gasteiger partial charge in [0.1, 0.15) is 0 Å². The predicted octanol–water partition coefficient (Wildman–Crippen LogP) is 3.91. The summed E-state index contributed by atoms with van der Waals surface area (Å²) in [6.07, 6.45) is 0. The van der Waals surface area contributed by atoms with Gasteiger partial charge in [0.2, 0.25) is 0 Å². The van der Waals surface area contributed by atoms with Gasteiger partial charge in [0.05, 0.1) is 13.2 Å². The minimum atomic E-state index is -3.27. The number of methoxy groups -OCH3 is 1. The van der Waals surface area contributed by atoms with Crippen molar-refractivity contribution < 1.29 is 18.3 Å². The number of hydrogen-bond donors (Lipinski definition) is 0. The first-order chi connectivity index (χ1) is 8.86. The van der Waals surface area contributed by atoms with Crippen LogP contribution in [-0.2, 0) is 18.3 Å². The molecule has 0 saturated carbocycles. The van der Waals surface area contributed by atoms with Crippen LogP contribution in [0.1, 0.15) is 30.8 Å². The van der Waals surface area contributed by atoms with Crippen LogP contribution in [0.4, 0.5) is 0 Å². The molecule has 0 aromatic heterocycles. The van der Waals surface area contributed by atoms with Crippen molar-refractivity contribution in [2.24, 2.45) is 5.41 Å². The van der Waals surface area contributed by atoms with Crippen LogP contribution in [-0.4, -0.2) is 20.3 Å². The lowest BCUT2D eigenvalue weighted by Crippen LogP contribution is -2.30. The van der Waals surface area contributed by atoms with E-state index < -0.39 is 13.4 Å². The van der Waals surface area contributed by atoms with E-state index in [2.05, 4.69) is 0 Å². The maximum Gasteiger partial charge on any atom is 0.363 e. The third-order valence-electron chi connectivity index (χ3n) is 3.11. The molecule has 0 spiro atoms. The molecule has 1 saturated heterocycles. The highest BCUT2D eigenvalue weighted by molar-refractivity contribution is 7.54. The quantitative estimate of drug-likeness (QED) is 0.789. The van der Waals surface area contributed by atoms with Gasteiger partial charge in [0.25, 0.3) is 0 Å². The van der Waals surface area contributed by atoms with Crippen molar-refractivity contribution >= 4 is 7.60 Å². The van der Waals surface area contributed by atoms with Crippen molar-refractivity contribution in [2.75, 3.05) is 20.3 Å². The zero-order valence-electron chi connectivity index (χ0n) is 11.9. The first-order valence-corrected chi connectivity index (χ1v) is 7.96. The fraction of sp³-hybridized carbons (Fsp3) is 0.571. The molecule has 0 radical (unpaired) electrons. The van der Waals surface area contributed by atoms with Crippen LogP contribution in [0.25, 0.3) is 0 Å². The Bertz CT molecular complexity index is 484.